The molecule has 0 fully saturated rings. The molecule has 14 heavy (non-hydrogen) atoms. The van der Waals surface area contributed by atoms with E-state index < -0.39 is 31.0 Å². The molecule has 0 aliphatic heterocycles. The maximum Gasteiger partial charge on any atom is 0.146 e. The molecule has 4 atom stereocenters. The molecule has 6 heteroatoms. The summed E-state index contributed by atoms with van der Waals surface area (Å²) in [7, 11) is 1.28. The van der Waals surface area contributed by atoms with Crippen LogP contribution < -0.4 is 0 Å². The van der Waals surface area contributed by atoms with Crippen LogP contribution in [0.25, 0.3) is 0 Å². The Bertz CT molecular complexity index is 166. The molecule has 0 amide bonds. The topological polar surface area (TPSA) is 99.4 Å². The number of methoxy groups -OCH3 is 1. The van der Waals surface area contributed by atoms with Gasteiger partial charge < -0.3 is 20.1 Å². The van der Waals surface area contributed by atoms with Crippen LogP contribution in [0.15, 0.2) is 5.18 Å². The van der Waals surface area contributed by atoms with E-state index in [0.717, 1.165) is 0 Å². The molecule has 0 bridgehead atoms. The van der Waals surface area contributed by atoms with Gasteiger partial charge in [0, 0.05) is 7.11 Å². The van der Waals surface area contributed by atoms with Crippen molar-refractivity contribution in [2.75, 3.05) is 13.7 Å². The number of aliphatic hydroxyl groups excluding tert-OH is 3. The largest absolute Gasteiger partial charge is 0.394 e. The molecule has 0 aliphatic carbocycles. The predicted octanol–water partition coefficient (Wildman–Crippen LogP) is -0.740. The normalized spacial score (nSPS) is 19.8. The van der Waals surface area contributed by atoms with Gasteiger partial charge in [0.2, 0.25) is 0 Å². The summed E-state index contributed by atoms with van der Waals surface area (Å²) in [5.41, 5.74) is 0. The zero-order valence-corrected chi connectivity index (χ0v) is 8.33. The Labute approximate surface area is 82.5 Å². The molecular formula is C8H17NO5. The third-order valence-electron chi connectivity index (χ3n) is 2.11. The van der Waals surface area contributed by atoms with Gasteiger partial charge in [-0.2, -0.15) is 4.91 Å². The summed E-state index contributed by atoms with van der Waals surface area (Å²) in [6.07, 6.45) is -2.84. The van der Waals surface area contributed by atoms with E-state index in [1.54, 1.807) is 6.92 Å². The van der Waals surface area contributed by atoms with E-state index >= 15 is 0 Å². The first kappa shape index (κ1) is 13.4. The number of aliphatic hydroxyl groups is 3. The van der Waals surface area contributed by atoms with Crippen molar-refractivity contribution in [2.45, 2.75) is 37.7 Å². The van der Waals surface area contributed by atoms with Crippen molar-refractivity contribution < 1.29 is 20.1 Å². The number of nitrogens with zero attached hydrogens (tertiary/aromatic N) is 1. The maximum atomic E-state index is 10.4. The molecule has 0 saturated heterocycles. The van der Waals surface area contributed by atoms with Gasteiger partial charge in [0.15, 0.2) is 0 Å². The van der Waals surface area contributed by atoms with Gasteiger partial charge in [0.1, 0.15) is 18.2 Å². The van der Waals surface area contributed by atoms with Crippen molar-refractivity contribution >= 4 is 0 Å². The van der Waals surface area contributed by atoms with Crippen LogP contribution in [0.2, 0.25) is 0 Å². The summed E-state index contributed by atoms with van der Waals surface area (Å²) in [6.45, 7) is 1.14. The minimum absolute atomic E-state index is 0.328. The molecular weight excluding hydrogens is 190 g/mol. The Morgan fingerprint density at radius 3 is 2.21 bits per heavy atom. The van der Waals surface area contributed by atoms with Crippen LogP contribution in [0.5, 0.6) is 0 Å². The number of hydrogen-bond acceptors (Lipinski definition) is 6. The van der Waals surface area contributed by atoms with E-state index in [2.05, 4.69) is 5.18 Å². The average Bonchev–Trinajstić information content (AvgIpc) is 2.23. The Morgan fingerprint density at radius 1 is 1.36 bits per heavy atom. The van der Waals surface area contributed by atoms with Crippen molar-refractivity contribution in [2.24, 2.45) is 5.18 Å². The lowest BCUT2D eigenvalue weighted by atomic mass is 9.99. The van der Waals surface area contributed by atoms with Gasteiger partial charge in [0.05, 0.1) is 12.7 Å². The van der Waals surface area contributed by atoms with Crippen molar-refractivity contribution in [1.82, 2.24) is 0 Å². The van der Waals surface area contributed by atoms with E-state index in [1.807, 2.05) is 0 Å². The van der Waals surface area contributed by atoms with Crippen LogP contribution >= 0.6 is 0 Å². The SMILES string of the molecule is CCC(O)C(N=O)C(OC)C(O)CO. The molecule has 0 spiro atoms. The summed E-state index contributed by atoms with van der Waals surface area (Å²) in [5.74, 6) is 0. The fourth-order valence-electron chi connectivity index (χ4n) is 1.22. The molecule has 0 rings (SSSR count). The van der Waals surface area contributed by atoms with Crippen molar-refractivity contribution in [3.05, 3.63) is 4.91 Å². The van der Waals surface area contributed by atoms with Gasteiger partial charge in [-0.15, -0.1) is 0 Å². The highest BCUT2D eigenvalue weighted by atomic mass is 16.5. The first-order valence-corrected chi connectivity index (χ1v) is 4.44. The standard InChI is InChI=1S/C8H17NO5/c1-3-5(11)7(9-13)8(14-2)6(12)4-10/h5-8,10-12H,3-4H2,1-2H3. The zero-order chi connectivity index (χ0) is 11.1. The third-order valence-corrected chi connectivity index (χ3v) is 2.11. The van der Waals surface area contributed by atoms with Crippen LogP contribution in [0, 0.1) is 4.91 Å². The molecule has 3 N–H and O–H groups in total. The molecule has 0 aromatic carbocycles. The van der Waals surface area contributed by atoms with Gasteiger partial charge in [-0.3, -0.25) is 0 Å². The summed E-state index contributed by atoms with van der Waals surface area (Å²) < 4.78 is 4.82. The van der Waals surface area contributed by atoms with Crippen molar-refractivity contribution in [3.63, 3.8) is 0 Å². The lowest BCUT2D eigenvalue weighted by Gasteiger charge is -2.26. The fraction of sp³-hybridized carbons (Fsp3) is 1.00. The number of ether oxygens (including phenoxy) is 1. The quantitative estimate of drug-likeness (QED) is 0.477. The van der Waals surface area contributed by atoms with Crippen LogP contribution in [0.3, 0.4) is 0 Å². The maximum absolute atomic E-state index is 10.4. The molecule has 6 nitrogen and oxygen atoms in total. The molecule has 0 aromatic heterocycles. The second-order valence-corrected chi connectivity index (χ2v) is 3.02. The Morgan fingerprint density at radius 2 is 1.93 bits per heavy atom. The first-order chi connectivity index (χ1) is 6.62. The van der Waals surface area contributed by atoms with Crippen LogP contribution in [-0.2, 0) is 4.74 Å². The third kappa shape index (κ3) is 3.30. The molecule has 84 valence electrons. The van der Waals surface area contributed by atoms with E-state index in [0.29, 0.717) is 6.42 Å². The summed E-state index contributed by atoms with van der Waals surface area (Å²) in [6, 6.07) is -1.06. The van der Waals surface area contributed by atoms with Crippen LogP contribution in [0.4, 0.5) is 0 Å². The Kier molecular flexibility index (Phi) is 6.56. The Hall–Kier alpha value is -0.560. The van der Waals surface area contributed by atoms with Gasteiger partial charge in [-0.1, -0.05) is 12.1 Å². The van der Waals surface area contributed by atoms with Gasteiger partial charge in [-0.25, -0.2) is 0 Å². The highest BCUT2D eigenvalue weighted by Gasteiger charge is 2.33. The van der Waals surface area contributed by atoms with Gasteiger partial charge in [0.25, 0.3) is 0 Å². The minimum Gasteiger partial charge on any atom is -0.394 e. The predicted molar refractivity (Wildman–Crippen MR) is 49.8 cm³/mol. The van der Waals surface area contributed by atoms with E-state index in [-0.39, 0.29) is 0 Å². The molecule has 4 unspecified atom stereocenters. The number of nitroso groups, excluding NO2 is 1. The second-order valence-electron chi connectivity index (χ2n) is 3.02. The summed E-state index contributed by atoms with van der Waals surface area (Å²) >= 11 is 0. The fourth-order valence-corrected chi connectivity index (χ4v) is 1.22. The number of hydrogen-bond donors (Lipinski definition) is 3. The highest BCUT2D eigenvalue weighted by molar-refractivity contribution is 4.87. The van der Waals surface area contributed by atoms with Crippen molar-refractivity contribution in [3.8, 4) is 0 Å². The lowest BCUT2D eigenvalue weighted by molar-refractivity contribution is -0.0694. The zero-order valence-electron chi connectivity index (χ0n) is 8.33. The number of rotatable bonds is 7. The van der Waals surface area contributed by atoms with E-state index in [4.69, 9.17) is 9.84 Å². The smallest absolute Gasteiger partial charge is 0.146 e. The van der Waals surface area contributed by atoms with E-state index in [9.17, 15) is 15.1 Å². The molecule has 0 aromatic rings. The van der Waals surface area contributed by atoms with Gasteiger partial charge >= 0.3 is 0 Å². The summed E-state index contributed by atoms with van der Waals surface area (Å²) in [5, 5.41) is 30.1. The lowest BCUT2D eigenvalue weighted by Crippen LogP contribution is -2.45. The highest BCUT2D eigenvalue weighted by Crippen LogP contribution is 2.14. The molecule has 0 saturated carbocycles. The van der Waals surface area contributed by atoms with Crippen LogP contribution in [-0.4, -0.2) is 53.4 Å². The second kappa shape index (κ2) is 6.83. The Balaban J connectivity index is 4.51. The monoisotopic (exact) mass is 207 g/mol. The van der Waals surface area contributed by atoms with E-state index in [1.165, 1.54) is 7.11 Å². The summed E-state index contributed by atoms with van der Waals surface area (Å²) in [4.78, 5) is 10.4. The first-order valence-electron chi connectivity index (χ1n) is 4.44. The van der Waals surface area contributed by atoms with Crippen LogP contribution in [0.1, 0.15) is 13.3 Å². The minimum atomic E-state index is -1.22. The molecule has 0 heterocycles. The van der Waals surface area contributed by atoms with Gasteiger partial charge in [-0.05, 0) is 6.42 Å². The average molecular weight is 207 g/mol. The molecule has 0 aliphatic rings. The van der Waals surface area contributed by atoms with Crippen molar-refractivity contribution in [1.29, 1.82) is 0 Å². The molecule has 0 radical (unpaired) electrons.